The zero-order valence-electron chi connectivity index (χ0n) is 20.9. The molecule has 3 aromatic carbocycles. The summed E-state index contributed by atoms with van der Waals surface area (Å²) in [5.41, 5.74) is 3.00. The monoisotopic (exact) mass is 549 g/mol. The first kappa shape index (κ1) is 26.2. The Morgan fingerprint density at radius 3 is 2.34 bits per heavy atom. The van der Waals surface area contributed by atoms with Gasteiger partial charge < -0.3 is 19.5 Å². The summed E-state index contributed by atoms with van der Waals surface area (Å²) in [6, 6.07) is 22.2. The van der Waals surface area contributed by atoms with E-state index in [2.05, 4.69) is 0 Å². The van der Waals surface area contributed by atoms with Gasteiger partial charge in [0.05, 0.1) is 17.1 Å². The van der Waals surface area contributed by atoms with Gasteiger partial charge in [0.2, 0.25) is 0 Å². The van der Waals surface area contributed by atoms with Crippen LogP contribution >= 0.6 is 23.2 Å². The smallest absolute Gasteiger partial charge is 0.294 e. The fourth-order valence-corrected chi connectivity index (χ4v) is 5.66. The second-order valence-electron chi connectivity index (χ2n) is 9.84. The van der Waals surface area contributed by atoms with Crippen LogP contribution in [0.5, 0.6) is 0 Å². The topological polar surface area (TPSA) is 73.9 Å². The number of para-hydroxylation sites is 1. The SMILES string of the molecule is O=C(c1ccc(Cl)cc1Cl)N(Cc1ccc(-c2cc3ccccc3o2)cc1)C(CC1CCCCC1)=C(O)O. The lowest BCUT2D eigenvalue weighted by Crippen LogP contribution is -2.32. The summed E-state index contributed by atoms with van der Waals surface area (Å²) in [7, 11) is 0. The average molecular weight is 550 g/mol. The maximum atomic E-state index is 13.8. The molecule has 7 heteroatoms. The highest BCUT2D eigenvalue weighted by molar-refractivity contribution is 6.36. The number of nitrogens with zero attached hydrogens (tertiary/aromatic N) is 1. The van der Waals surface area contributed by atoms with Crippen LogP contribution in [0, 0.1) is 5.92 Å². The Balaban J connectivity index is 1.45. The molecule has 0 radical (unpaired) electrons. The molecule has 38 heavy (non-hydrogen) atoms. The van der Waals surface area contributed by atoms with Crippen molar-refractivity contribution in [1.82, 2.24) is 4.90 Å². The first-order valence-corrected chi connectivity index (χ1v) is 13.6. The van der Waals surface area contributed by atoms with Gasteiger partial charge in [-0.1, -0.05) is 97.8 Å². The zero-order chi connectivity index (χ0) is 26.6. The van der Waals surface area contributed by atoms with Crippen LogP contribution in [0.1, 0.15) is 54.4 Å². The summed E-state index contributed by atoms with van der Waals surface area (Å²) >= 11 is 12.4. The van der Waals surface area contributed by atoms with Gasteiger partial charge in [-0.15, -0.1) is 0 Å². The van der Waals surface area contributed by atoms with E-state index in [9.17, 15) is 15.0 Å². The van der Waals surface area contributed by atoms with Gasteiger partial charge >= 0.3 is 0 Å². The van der Waals surface area contributed by atoms with E-state index in [1.54, 1.807) is 12.1 Å². The molecule has 0 saturated heterocycles. The Kier molecular flexibility index (Phi) is 7.96. The fourth-order valence-electron chi connectivity index (χ4n) is 5.17. The van der Waals surface area contributed by atoms with Crippen LogP contribution in [-0.2, 0) is 6.54 Å². The summed E-state index contributed by atoms with van der Waals surface area (Å²) in [5.74, 6) is -0.226. The highest BCUT2D eigenvalue weighted by Crippen LogP contribution is 2.34. The third-order valence-electron chi connectivity index (χ3n) is 7.20. The first-order valence-electron chi connectivity index (χ1n) is 12.8. The number of aliphatic hydroxyl groups is 2. The van der Waals surface area contributed by atoms with Gasteiger partial charge in [0.15, 0.2) is 0 Å². The Hall–Kier alpha value is -3.41. The van der Waals surface area contributed by atoms with Gasteiger partial charge in [-0.2, -0.15) is 0 Å². The van der Waals surface area contributed by atoms with Crippen LogP contribution < -0.4 is 0 Å². The lowest BCUT2D eigenvalue weighted by molar-refractivity contribution is 0.0741. The third kappa shape index (κ3) is 5.85. The van der Waals surface area contributed by atoms with E-state index in [-0.39, 0.29) is 28.7 Å². The number of furan rings is 1. The quantitative estimate of drug-likeness (QED) is 0.225. The standard InChI is InChI=1S/C31H29Cl2NO4/c32-24-14-15-25(26(33)18-24)30(35)34(27(31(36)37)16-20-6-2-1-3-7-20)19-21-10-12-22(13-11-21)29-17-23-8-4-5-9-28(23)38-29/h4-5,8-15,17-18,20,36-37H,1-3,6-7,16,19H2. The van der Waals surface area contributed by atoms with Crippen LogP contribution in [0.25, 0.3) is 22.3 Å². The van der Waals surface area contributed by atoms with E-state index in [1.807, 2.05) is 54.6 Å². The Morgan fingerprint density at radius 1 is 0.921 bits per heavy atom. The maximum absolute atomic E-state index is 13.8. The number of allylic oxidation sites excluding steroid dienone is 1. The van der Waals surface area contributed by atoms with E-state index in [1.165, 1.54) is 17.4 Å². The number of hydrogen-bond acceptors (Lipinski definition) is 4. The van der Waals surface area contributed by atoms with Gasteiger partial charge in [0.1, 0.15) is 17.0 Å². The third-order valence-corrected chi connectivity index (χ3v) is 7.75. The van der Waals surface area contributed by atoms with Crippen molar-refractivity contribution < 1.29 is 19.4 Å². The molecule has 1 heterocycles. The van der Waals surface area contributed by atoms with Gasteiger partial charge in [-0.05, 0) is 48.2 Å². The summed E-state index contributed by atoms with van der Waals surface area (Å²) < 4.78 is 5.98. The van der Waals surface area contributed by atoms with Crippen molar-refractivity contribution in [2.75, 3.05) is 0 Å². The number of aliphatic hydroxyl groups excluding tert-OH is 1. The molecule has 1 saturated carbocycles. The molecule has 4 aromatic rings. The summed E-state index contributed by atoms with van der Waals surface area (Å²) in [4.78, 5) is 15.2. The van der Waals surface area contributed by atoms with Crippen molar-refractivity contribution in [3.63, 3.8) is 0 Å². The molecule has 1 aromatic heterocycles. The minimum Gasteiger partial charge on any atom is -0.480 e. The summed E-state index contributed by atoms with van der Waals surface area (Å²) in [6.07, 6.45) is 5.77. The largest absolute Gasteiger partial charge is 0.480 e. The molecule has 0 atom stereocenters. The van der Waals surface area contributed by atoms with E-state index in [4.69, 9.17) is 27.6 Å². The molecule has 1 amide bonds. The maximum Gasteiger partial charge on any atom is 0.294 e. The number of fused-ring (bicyclic) bond motifs is 1. The van der Waals surface area contributed by atoms with Crippen molar-refractivity contribution in [3.8, 4) is 11.3 Å². The Morgan fingerprint density at radius 2 is 1.66 bits per heavy atom. The molecule has 1 fully saturated rings. The van der Waals surface area contributed by atoms with Crippen molar-refractivity contribution >= 4 is 40.1 Å². The molecular formula is C31H29Cl2NO4. The van der Waals surface area contributed by atoms with Crippen molar-refractivity contribution in [2.24, 2.45) is 5.92 Å². The number of rotatable bonds is 7. The van der Waals surface area contributed by atoms with Gasteiger partial charge in [0.25, 0.3) is 11.9 Å². The van der Waals surface area contributed by atoms with Crippen LogP contribution in [0.2, 0.25) is 10.0 Å². The molecule has 5 nitrogen and oxygen atoms in total. The zero-order valence-corrected chi connectivity index (χ0v) is 22.4. The molecular weight excluding hydrogens is 521 g/mol. The van der Waals surface area contributed by atoms with Gasteiger partial charge in [-0.3, -0.25) is 4.79 Å². The Labute approximate surface area is 231 Å². The molecule has 0 aliphatic heterocycles. The molecule has 196 valence electrons. The molecule has 0 unspecified atom stereocenters. The predicted octanol–water partition coefficient (Wildman–Crippen LogP) is 9.30. The number of carbonyl (C=O) groups excluding carboxylic acids is 1. The second kappa shape index (κ2) is 11.5. The van der Waals surface area contributed by atoms with Gasteiger partial charge in [-0.25, -0.2) is 0 Å². The molecule has 1 aliphatic rings. The predicted molar refractivity (Wildman–Crippen MR) is 151 cm³/mol. The van der Waals surface area contributed by atoms with Crippen LogP contribution in [-0.4, -0.2) is 21.0 Å². The highest BCUT2D eigenvalue weighted by Gasteiger charge is 2.28. The second-order valence-corrected chi connectivity index (χ2v) is 10.7. The lowest BCUT2D eigenvalue weighted by Gasteiger charge is -2.30. The molecule has 0 bridgehead atoms. The van der Waals surface area contributed by atoms with Crippen molar-refractivity contribution in [2.45, 2.75) is 45.1 Å². The van der Waals surface area contributed by atoms with Crippen molar-refractivity contribution in [3.05, 3.63) is 106 Å². The first-order chi connectivity index (χ1) is 18.4. The van der Waals surface area contributed by atoms with Crippen molar-refractivity contribution in [1.29, 1.82) is 0 Å². The number of carbonyl (C=O) groups is 1. The van der Waals surface area contributed by atoms with E-state index >= 15 is 0 Å². The number of benzene rings is 3. The average Bonchev–Trinajstić information content (AvgIpc) is 3.35. The highest BCUT2D eigenvalue weighted by atomic mass is 35.5. The van der Waals surface area contributed by atoms with Crippen LogP contribution in [0.15, 0.2) is 88.9 Å². The number of amides is 1. The lowest BCUT2D eigenvalue weighted by atomic mass is 9.86. The van der Waals surface area contributed by atoms with E-state index < -0.39 is 11.9 Å². The molecule has 0 spiro atoms. The molecule has 1 aliphatic carbocycles. The minimum absolute atomic E-state index is 0.144. The summed E-state index contributed by atoms with van der Waals surface area (Å²) in [5, 5.41) is 22.3. The van der Waals surface area contributed by atoms with Gasteiger partial charge in [0, 0.05) is 16.0 Å². The molecule has 2 N–H and O–H groups in total. The van der Waals surface area contributed by atoms with Crippen LogP contribution in [0.3, 0.4) is 0 Å². The van der Waals surface area contributed by atoms with Crippen LogP contribution in [0.4, 0.5) is 0 Å². The van der Waals surface area contributed by atoms with E-state index in [0.717, 1.165) is 53.5 Å². The fraction of sp³-hybridized carbons (Fsp3) is 0.258. The Bertz CT molecular complexity index is 1430. The number of halogens is 2. The minimum atomic E-state index is -0.840. The normalized spacial score (nSPS) is 13.9. The number of hydrogen-bond donors (Lipinski definition) is 2. The van der Waals surface area contributed by atoms with E-state index in [0.29, 0.717) is 11.4 Å². The summed E-state index contributed by atoms with van der Waals surface area (Å²) in [6.45, 7) is 0.144. The molecule has 5 rings (SSSR count).